The molecule has 1 unspecified atom stereocenters. The van der Waals surface area contributed by atoms with Gasteiger partial charge in [-0.05, 0) is 32.9 Å². The number of aliphatic hydroxyl groups is 1. The molecule has 0 radical (unpaired) electrons. The monoisotopic (exact) mass is 250 g/mol. The van der Waals surface area contributed by atoms with Crippen molar-refractivity contribution in [3.63, 3.8) is 0 Å². The highest BCUT2D eigenvalue weighted by molar-refractivity contribution is 5.55. The van der Waals surface area contributed by atoms with Crippen molar-refractivity contribution in [2.75, 3.05) is 11.4 Å². The van der Waals surface area contributed by atoms with Crippen LogP contribution in [0.1, 0.15) is 38.9 Å². The summed E-state index contributed by atoms with van der Waals surface area (Å²) in [4.78, 5) is 1.94. The van der Waals surface area contributed by atoms with Gasteiger partial charge in [0.2, 0.25) is 0 Å². The lowest BCUT2D eigenvalue weighted by Crippen LogP contribution is -2.32. The molecule has 1 atom stereocenters. The molecule has 1 rings (SSSR count). The van der Waals surface area contributed by atoms with Gasteiger partial charge >= 0.3 is 0 Å². The quantitative estimate of drug-likeness (QED) is 0.873. The minimum absolute atomic E-state index is 0.137. The van der Waals surface area contributed by atoms with E-state index in [-0.39, 0.29) is 6.04 Å². The zero-order chi connectivity index (χ0) is 13.7. The Morgan fingerprint density at radius 2 is 2.06 bits per heavy atom. The van der Waals surface area contributed by atoms with Crippen LogP contribution in [-0.2, 0) is 0 Å². The Hall–Kier alpha value is -1.60. The number of halogens is 1. The molecule has 0 aliphatic rings. The Bertz CT molecular complexity index is 438. The number of rotatable bonds is 5. The topological polar surface area (TPSA) is 47.3 Å². The van der Waals surface area contributed by atoms with E-state index in [1.165, 1.54) is 6.07 Å². The van der Waals surface area contributed by atoms with Gasteiger partial charge in [0, 0.05) is 23.8 Å². The highest BCUT2D eigenvalue weighted by Crippen LogP contribution is 2.30. The van der Waals surface area contributed by atoms with Gasteiger partial charge in [-0.3, -0.25) is 0 Å². The molecular formula is C14H19FN2O. The lowest BCUT2D eigenvalue weighted by atomic mass is 10.0. The number of anilines is 1. The molecule has 0 aliphatic heterocycles. The molecule has 1 N–H and O–H groups in total. The first kappa shape index (κ1) is 14.5. The Balaban J connectivity index is 3.19. The molecule has 0 saturated carbocycles. The summed E-state index contributed by atoms with van der Waals surface area (Å²) in [6.07, 6.45) is -0.502. The van der Waals surface area contributed by atoms with E-state index in [0.717, 1.165) is 0 Å². The normalized spacial score (nSPS) is 12.3. The van der Waals surface area contributed by atoms with Gasteiger partial charge < -0.3 is 10.0 Å². The van der Waals surface area contributed by atoms with E-state index >= 15 is 0 Å². The van der Waals surface area contributed by atoms with E-state index in [2.05, 4.69) is 6.07 Å². The molecule has 4 heteroatoms. The van der Waals surface area contributed by atoms with E-state index < -0.39 is 11.9 Å². The fraction of sp³-hybridized carbons (Fsp3) is 0.500. The van der Waals surface area contributed by atoms with Gasteiger partial charge in [-0.25, -0.2) is 4.39 Å². The summed E-state index contributed by atoms with van der Waals surface area (Å²) in [6.45, 7) is 6.03. The summed E-state index contributed by atoms with van der Waals surface area (Å²) in [5.41, 5.74) is 0.958. The number of hydrogen-bond donors (Lipinski definition) is 1. The molecule has 0 aliphatic carbocycles. The van der Waals surface area contributed by atoms with Crippen molar-refractivity contribution in [1.82, 2.24) is 0 Å². The summed E-state index contributed by atoms with van der Waals surface area (Å²) in [5, 5.41) is 18.4. The van der Waals surface area contributed by atoms with Crippen LogP contribution in [0, 0.1) is 17.1 Å². The van der Waals surface area contributed by atoms with E-state index in [1.54, 1.807) is 19.1 Å². The second-order valence-electron chi connectivity index (χ2n) is 4.54. The second kappa shape index (κ2) is 6.36. The summed E-state index contributed by atoms with van der Waals surface area (Å²) in [5.74, 6) is -0.412. The molecule has 0 amide bonds. The molecule has 3 nitrogen and oxygen atoms in total. The van der Waals surface area contributed by atoms with Crippen molar-refractivity contribution < 1.29 is 9.50 Å². The third kappa shape index (κ3) is 3.21. The van der Waals surface area contributed by atoms with Gasteiger partial charge in [0.15, 0.2) is 0 Å². The standard InChI is InChI=1S/C14H19FN2O/c1-10(2)17(9-5-8-16)13-7-4-6-12(15)14(13)11(3)18/h4,6-7,10-11,18H,5,9H2,1-3H3. The van der Waals surface area contributed by atoms with Crippen molar-refractivity contribution in [2.24, 2.45) is 0 Å². The van der Waals surface area contributed by atoms with Gasteiger partial charge in [0.1, 0.15) is 5.82 Å². The minimum Gasteiger partial charge on any atom is -0.389 e. The Morgan fingerprint density at radius 3 is 2.56 bits per heavy atom. The molecule has 0 saturated heterocycles. The van der Waals surface area contributed by atoms with Crippen molar-refractivity contribution in [3.8, 4) is 6.07 Å². The maximum atomic E-state index is 13.8. The fourth-order valence-electron chi connectivity index (χ4n) is 2.02. The Kier molecular flexibility index (Phi) is 5.11. The molecular weight excluding hydrogens is 231 g/mol. The fourth-order valence-corrected chi connectivity index (χ4v) is 2.02. The van der Waals surface area contributed by atoms with Crippen molar-refractivity contribution in [2.45, 2.75) is 39.3 Å². The minimum atomic E-state index is -0.871. The van der Waals surface area contributed by atoms with E-state index in [9.17, 15) is 9.50 Å². The van der Waals surface area contributed by atoms with Crippen LogP contribution in [0.15, 0.2) is 18.2 Å². The first-order chi connectivity index (χ1) is 8.49. The van der Waals surface area contributed by atoms with E-state index in [0.29, 0.717) is 24.2 Å². The highest BCUT2D eigenvalue weighted by atomic mass is 19.1. The predicted octanol–water partition coefficient (Wildman–Crippen LogP) is 3.01. The zero-order valence-electron chi connectivity index (χ0n) is 11.0. The average molecular weight is 250 g/mol. The zero-order valence-corrected chi connectivity index (χ0v) is 11.0. The number of nitrogens with zero attached hydrogens (tertiary/aromatic N) is 2. The summed E-state index contributed by atoms with van der Waals surface area (Å²) in [7, 11) is 0. The first-order valence-electron chi connectivity index (χ1n) is 6.09. The summed E-state index contributed by atoms with van der Waals surface area (Å²) in [6, 6.07) is 6.97. The van der Waals surface area contributed by atoms with Crippen molar-refractivity contribution in [1.29, 1.82) is 5.26 Å². The van der Waals surface area contributed by atoms with E-state index in [4.69, 9.17) is 5.26 Å². The van der Waals surface area contributed by atoms with Crippen molar-refractivity contribution >= 4 is 5.69 Å². The highest BCUT2D eigenvalue weighted by Gasteiger charge is 2.19. The Labute approximate surface area is 107 Å². The predicted molar refractivity (Wildman–Crippen MR) is 69.7 cm³/mol. The number of benzene rings is 1. The van der Waals surface area contributed by atoms with Gasteiger partial charge in [0.05, 0.1) is 18.6 Å². The number of aliphatic hydroxyl groups excluding tert-OH is 1. The maximum absolute atomic E-state index is 13.8. The largest absolute Gasteiger partial charge is 0.389 e. The van der Waals surface area contributed by atoms with Crippen LogP contribution < -0.4 is 4.90 Å². The molecule has 1 aromatic rings. The molecule has 0 heterocycles. The molecule has 0 fully saturated rings. The van der Waals surface area contributed by atoms with Crippen LogP contribution >= 0.6 is 0 Å². The molecule has 0 spiro atoms. The smallest absolute Gasteiger partial charge is 0.131 e. The molecule has 98 valence electrons. The van der Waals surface area contributed by atoms with Gasteiger partial charge in [-0.2, -0.15) is 5.26 Å². The van der Waals surface area contributed by atoms with Gasteiger partial charge in [-0.1, -0.05) is 6.07 Å². The number of hydrogen-bond acceptors (Lipinski definition) is 3. The average Bonchev–Trinajstić information content (AvgIpc) is 2.28. The number of nitriles is 1. The van der Waals surface area contributed by atoms with Crippen LogP contribution in [-0.4, -0.2) is 17.7 Å². The van der Waals surface area contributed by atoms with Crippen molar-refractivity contribution in [3.05, 3.63) is 29.6 Å². The van der Waals surface area contributed by atoms with E-state index in [1.807, 2.05) is 18.7 Å². The lowest BCUT2D eigenvalue weighted by Gasteiger charge is -2.31. The van der Waals surface area contributed by atoms with Crippen LogP contribution in [0.3, 0.4) is 0 Å². The summed E-state index contributed by atoms with van der Waals surface area (Å²) >= 11 is 0. The first-order valence-corrected chi connectivity index (χ1v) is 6.09. The van der Waals surface area contributed by atoms with Gasteiger partial charge in [0.25, 0.3) is 0 Å². The molecule has 0 bridgehead atoms. The van der Waals surface area contributed by atoms with Crippen LogP contribution in [0.25, 0.3) is 0 Å². The Morgan fingerprint density at radius 1 is 1.39 bits per heavy atom. The second-order valence-corrected chi connectivity index (χ2v) is 4.54. The summed E-state index contributed by atoms with van der Waals surface area (Å²) < 4.78 is 13.8. The SMILES string of the molecule is CC(O)c1c(F)cccc1N(CCC#N)C(C)C. The van der Waals surface area contributed by atoms with Gasteiger partial charge in [-0.15, -0.1) is 0 Å². The van der Waals surface area contributed by atoms with Crippen LogP contribution in [0.4, 0.5) is 10.1 Å². The molecule has 18 heavy (non-hydrogen) atoms. The molecule has 1 aromatic carbocycles. The third-order valence-corrected chi connectivity index (χ3v) is 2.84. The van der Waals surface area contributed by atoms with Crippen LogP contribution in [0.5, 0.6) is 0 Å². The lowest BCUT2D eigenvalue weighted by molar-refractivity contribution is 0.194. The van der Waals surface area contributed by atoms with Crippen LogP contribution in [0.2, 0.25) is 0 Å². The maximum Gasteiger partial charge on any atom is 0.131 e. The third-order valence-electron chi connectivity index (χ3n) is 2.84. The molecule has 0 aromatic heterocycles.